The fourth-order valence-corrected chi connectivity index (χ4v) is 4.23. The molecule has 4 heteroatoms. The zero-order valence-electron chi connectivity index (χ0n) is 15.6. The highest BCUT2D eigenvalue weighted by atomic mass is 16.5. The molecule has 3 heterocycles. The van der Waals surface area contributed by atoms with Crippen molar-refractivity contribution in [2.45, 2.75) is 37.6 Å². The van der Waals surface area contributed by atoms with E-state index in [-0.39, 0.29) is 0 Å². The van der Waals surface area contributed by atoms with Gasteiger partial charge in [0.2, 0.25) is 0 Å². The van der Waals surface area contributed by atoms with Crippen LogP contribution in [0.15, 0.2) is 42.5 Å². The first-order valence-corrected chi connectivity index (χ1v) is 9.76. The summed E-state index contributed by atoms with van der Waals surface area (Å²) in [5.74, 6) is 1.41. The van der Waals surface area contributed by atoms with Crippen molar-refractivity contribution in [1.82, 2.24) is 9.88 Å². The Morgan fingerprint density at radius 2 is 1.85 bits per heavy atom. The first-order chi connectivity index (χ1) is 12.8. The molecule has 4 nitrogen and oxygen atoms in total. The van der Waals surface area contributed by atoms with Crippen molar-refractivity contribution >= 4 is 0 Å². The molecule has 0 spiro atoms. The number of aromatic nitrogens is 1. The van der Waals surface area contributed by atoms with Gasteiger partial charge in [0.1, 0.15) is 5.75 Å². The zero-order chi connectivity index (χ0) is 17.8. The molecule has 1 aromatic heterocycles. The van der Waals surface area contributed by atoms with Gasteiger partial charge in [-0.3, -0.25) is 9.88 Å². The highest BCUT2D eigenvalue weighted by Crippen LogP contribution is 2.30. The van der Waals surface area contributed by atoms with Crippen molar-refractivity contribution < 1.29 is 9.47 Å². The molecule has 0 amide bonds. The summed E-state index contributed by atoms with van der Waals surface area (Å²) in [5, 5.41) is 0. The molecule has 2 saturated heterocycles. The highest BCUT2D eigenvalue weighted by Gasteiger charge is 2.28. The van der Waals surface area contributed by atoms with E-state index in [0.717, 1.165) is 36.8 Å². The van der Waals surface area contributed by atoms with Gasteiger partial charge < -0.3 is 9.47 Å². The molecule has 2 aliphatic heterocycles. The van der Waals surface area contributed by atoms with Crippen LogP contribution in [-0.4, -0.2) is 49.3 Å². The van der Waals surface area contributed by atoms with E-state index in [4.69, 9.17) is 14.5 Å². The monoisotopic (exact) mass is 352 g/mol. The van der Waals surface area contributed by atoms with Crippen molar-refractivity contribution in [3.63, 3.8) is 0 Å². The molecule has 0 N–H and O–H groups in total. The van der Waals surface area contributed by atoms with Gasteiger partial charge >= 0.3 is 0 Å². The number of benzene rings is 1. The summed E-state index contributed by atoms with van der Waals surface area (Å²) in [6.45, 7) is 4.18. The predicted octanol–water partition coefficient (Wildman–Crippen LogP) is 4.12. The minimum absolute atomic E-state index is 0.532. The van der Waals surface area contributed by atoms with Gasteiger partial charge in [-0.05, 0) is 68.6 Å². The van der Waals surface area contributed by atoms with Gasteiger partial charge in [-0.2, -0.15) is 0 Å². The van der Waals surface area contributed by atoms with E-state index in [1.807, 2.05) is 12.1 Å². The average Bonchev–Trinajstić information content (AvgIpc) is 2.75. The van der Waals surface area contributed by atoms with Gasteiger partial charge in [0.05, 0.1) is 12.8 Å². The predicted molar refractivity (Wildman–Crippen MR) is 104 cm³/mol. The van der Waals surface area contributed by atoms with Crippen LogP contribution < -0.4 is 4.74 Å². The third-order valence-corrected chi connectivity index (χ3v) is 5.73. The number of nitrogens with zero attached hydrogens (tertiary/aromatic N) is 2. The third-order valence-electron chi connectivity index (χ3n) is 5.73. The fourth-order valence-electron chi connectivity index (χ4n) is 4.23. The maximum Gasteiger partial charge on any atom is 0.118 e. The Morgan fingerprint density at radius 1 is 1.04 bits per heavy atom. The van der Waals surface area contributed by atoms with Crippen molar-refractivity contribution in [2.24, 2.45) is 0 Å². The molecule has 2 aliphatic rings. The van der Waals surface area contributed by atoms with E-state index in [1.165, 1.54) is 37.9 Å². The first kappa shape index (κ1) is 17.5. The number of rotatable bonds is 4. The standard InChI is InChI=1S/C22H28N2O2/c1-25-20-9-7-17(8-10-20)21-5-2-6-22(23-21)18-4-3-13-24(16-18)19-11-14-26-15-12-19/h2,5-10,18-19H,3-4,11-16H2,1H3. The minimum Gasteiger partial charge on any atom is -0.497 e. The summed E-state index contributed by atoms with van der Waals surface area (Å²) >= 11 is 0. The lowest BCUT2D eigenvalue weighted by molar-refractivity contribution is 0.0238. The Labute approximate surface area is 156 Å². The molecule has 0 aliphatic carbocycles. The topological polar surface area (TPSA) is 34.6 Å². The molecule has 1 aromatic carbocycles. The van der Waals surface area contributed by atoms with Crippen LogP contribution in [0.4, 0.5) is 0 Å². The van der Waals surface area contributed by atoms with Gasteiger partial charge in [0.25, 0.3) is 0 Å². The number of ether oxygens (including phenoxy) is 2. The van der Waals surface area contributed by atoms with Gasteiger partial charge in [-0.1, -0.05) is 6.07 Å². The van der Waals surface area contributed by atoms with E-state index in [1.54, 1.807) is 7.11 Å². The van der Waals surface area contributed by atoms with Crippen LogP contribution in [0.3, 0.4) is 0 Å². The van der Waals surface area contributed by atoms with E-state index in [9.17, 15) is 0 Å². The summed E-state index contributed by atoms with van der Waals surface area (Å²) in [6, 6.07) is 15.3. The number of piperidine rings is 1. The molecular formula is C22H28N2O2. The molecule has 2 fully saturated rings. The van der Waals surface area contributed by atoms with Crippen LogP contribution in [0.2, 0.25) is 0 Å². The Kier molecular flexibility index (Phi) is 5.51. The van der Waals surface area contributed by atoms with Crippen molar-refractivity contribution in [2.75, 3.05) is 33.4 Å². The highest BCUT2D eigenvalue weighted by molar-refractivity contribution is 5.60. The lowest BCUT2D eigenvalue weighted by Gasteiger charge is -2.39. The Balaban J connectivity index is 1.49. The second kappa shape index (κ2) is 8.19. The molecule has 1 atom stereocenters. The van der Waals surface area contributed by atoms with Crippen LogP contribution in [-0.2, 0) is 4.74 Å². The zero-order valence-corrected chi connectivity index (χ0v) is 15.6. The number of likely N-dealkylation sites (tertiary alicyclic amines) is 1. The Bertz CT molecular complexity index is 710. The Morgan fingerprint density at radius 3 is 2.62 bits per heavy atom. The summed E-state index contributed by atoms with van der Waals surface area (Å²) < 4.78 is 10.8. The number of methoxy groups -OCH3 is 1. The molecule has 2 aromatic rings. The molecule has 4 rings (SSSR count). The second-order valence-electron chi connectivity index (χ2n) is 7.35. The largest absolute Gasteiger partial charge is 0.497 e. The maximum absolute atomic E-state index is 5.54. The van der Waals surface area contributed by atoms with E-state index >= 15 is 0 Å². The number of hydrogen-bond acceptors (Lipinski definition) is 4. The van der Waals surface area contributed by atoms with Crippen LogP contribution >= 0.6 is 0 Å². The normalized spacial score (nSPS) is 22.3. The smallest absolute Gasteiger partial charge is 0.118 e. The van der Waals surface area contributed by atoms with Crippen LogP contribution in [0.1, 0.15) is 37.3 Å². The van der Waals surface area contributed by atoms with Gasteiger partial charge in [0.15, 0.2) is 0 Å². The Hall–Kier alpha value is -1.91. The van der Waals surface area contributed by atoms with E-state index in [2.05, 4.69) is 35.2 Å². The molecule has 1 unspecified atom stereocenters. The number of pyridine rings is 1. The molecular weight excluding hydrogens is 324 g/mol. The summed E-state index contributed by atoms with van der Waals surface area (Å²) in [4.78, 5) is 7.69. The van der Waals surface area contributed by atoms with Crippen LogP contribution in [0.25, 0.3) is 11.3 Å². The summed E-state index contributed by atoms with van der Waals surface area (Å²) in [6.07, 6.45) is 4.84. The van der Waals surface area contributed by atoms with Crippen molar-refractivity contribution in [3.05, 3.63) is 48.2 Å². The van der Waals surface area contributed by atoms with Gasteiger partial charge in [0, 0.05) is 43.0 Å². The first-order valence-electron chi connectivity index (χ1n) is 9.76. The maximum atomic E-state index is 5.54. The molecule has 0 radical (unpaired) electrons. The second-order valence-corrected chi connectivity index (χ2v) is 7.35. The number of hydrogen-bond donors (Lipinski definition) is 0. The molecule has 138 valence electrons. The van der Waals surface area contributed by atoms with E-state index in [0.29, 0.717) is 12.0 Å². The average molecular weight is 352 g/mol. The minimum atomic E-state index is 0.532. The third kappa shape index (κ3) is 3.92. The van der Waals surface area contributed by atoms with Gasteiger partial charge in [-0.25, -0.2) is 0 Å². The summed E-state index contributed by atoms with van der Waals surface area (Å²) in [5.41, 5.74) is 3.42. The lowest BCUT2D eigenvalue weighted by Crippen LogP contribution is -2.44. The van der Waals surface area contributed by atoms with Crippen LogP contribution in [0.5, 0.6) is 5.75 Å². The van der Waals surface area contributed by atoms with Crippen LogP contribution in [0, 0.1) is 0 Å². The van der Waals surface area contributed by atoms with Gasteiger partial charge in [-0.15, -0.1) is 0 Å². The molecule has 0 saturated carbocycles. The fraction of sp³-hybridized carbons (Fsp3) is 0.500. The quantitative estimate of drug-likeness (QED) is 0.829. The van der Waals surface area contributed by atoms with Crippen molar-refractivity contribution in [1.29, 1.82) is 0 Å². The molecule has 26 heavy (non-hydrogen) atoms. The SMILES string of the molecule is COc1ccc(-c2cccc(C3CCCN(C4CCOCC4)C3)n2)cc1. The van der Waals surface area contributed by atoms with E-state index < -0.39 is 0 Å². The summed E-state index contributed by atoms with van der Waals surface area (Å²) in [7, 11) is 1.70. The van der Waals surface area contributed by atoms with Crippen molar-refractivity contribution in [3.8, 4) is 17.0 Å². The lowest BCUT2D eigenvalue weighted by atomic mass is 9.91. The molecule has 0 bridgehead atoms.